The monoisotopic (exact) mass is 418 g/mol. The lowest BCUT2D eigenvalue weighted by atomic mass is 10.3. The maximum Gasteiger partial charge on any atom is 0.264 e. The zero-order chi connectivity index (χ0) is 21.2. The topological polar surface area (TPSA) is 119 Å². The average Bonchev–Trinajstić information content (AvgIpc) is 3.06. The fourth-order valence-electron chi connectivity index (χ4n) is 2.98. The lowest BCUT2D eigenvalue weighted by molar-refractivity contribution is -0.116. The van der Waals surface area contributed by atoms with Gasteiger partial charge in [-0.3, -0.25) is 18.8 Å². The van der Waals surface area contributed by atoms with Gasteiger partial charge in [-0.15, -0.1) is 0 Å². The highest BCUT2D eigenvalue weighted by Gasteiger charge is 2.22. The van der Waals surface area contributed by atoms with Crippen molar-refractivity contribution in [2.24, 2.45) is 7.05 Å². The molecule has 1 aromatic carbocycles. The van der Waals surface area contributed by atoms with Crippen molar-refractivity contribution in [2.45, 2.75) is 25.3 Å². The Balaban J connectivity index is 1.80. The van der Waals surface area contributed by atoms with Crippen molar-refractivity contribution in [3.05, 3.63) is 47.1 Å². The summed E-state index contributed by atoms with van der Waals surface area (Å²) in [6.45, 7) is 3.96. The molecule has 1 N–H and O–H groups in total. The smallest absolute Gasteiger partial charge is 0.264 e. The number of aromatic nitrogens is 4. The highest BCUT2D eigenvalue weighted by molar-refractivity contribution is 7.89. The number of anilines is 1. The molecule has 0 spiro atoms. The van der Waals surface area contributed by atoms with Gasteiger partial charge < -0.3 is 5.32 Å². The van der Waals surface area contributed by atoms with Crippen molar-refractivity contribution >= 4 is 32.7 Å². The molecule has 154 valence electrons. The first-order chi connectivity index (χ1) is 13.8. The Morgan fingerprint density at radius 1 is 1.24 bits per heavy atom. The zero-order valence-electron chi connectivity index (χ0n) is 16.4. The van der Waals surface area contributed by atoms with Crippen LogP contribution in [0.25, 0.3) is 11.0 Å². The molecule has 3 rings (SSSR count). The second-order valence-electron chi connectivity index (χ2n) is 6.35. The number of carbonyl (C=O) groups is 1. The lowest BCUT2D eigenvalue weighted by Gasteiger charge is -2.18. The Morgan fingerprint density at radius 2 is 1.97 bits per heavy atom. The number of fused-ring (bicyclic) bond motifs is 1. The molecular weight excluding hydrogens is 396 g/mol. The number of amides is 1. The van der Waals surface area contributed by atoms with Crippen LogP contribution in [-0.4, -0.2) is 51.1 Å². The number of benzene rings is 1. The van der Waals surface area contributed by atoms with E-state index < -0.39 is 15.9 Å². The molecule has 11 heteroatoms. The molecular formula is C18H22N6O4S. The summed E-state index contributed by atoms with van der Waals surface area (Å²) in [6.07, 6.45) is 2.69. The number of nitrogens with one attached hydrogen (secondary N) is 1. The second kappa shape index (κ2) is 8.13. The van der Waals surface area contributed by atoms with Gasteiger partial charge in [0.25, 0.3) is 5.56 Å². The number of carbonyl (C=O) groups excluding carboxylic acids is 1. The van der Waals surface area contributed by atoms with E-state index in [1.54, 1.807) is 33.0 Å². The molecule has 0 radical (unpaired) electrons. The van der Waals surface area contributed by atoms with Crippen LogP contribution in [0.4, 0.5) is 5.69 Å². The van der Waals surface area contributed by atoms with Crippen molar-refractivity contribution < 1.29 is 13.2 Å². The molecule has 0 fully saturated rings. The third kappa shape index (κ3) is 4.05. The summed E-state index contributed by atoms with van der Waals surface area (Å²) in [7, 11) is -1.97. The van der Waals surface area contributed by atoms with Crippen LogP contribution in [-0.2, 0) is 28.4 Å². The predicted octanol–water partition coefficient (Wildman–Crippen LogP) is 0.799. The maximum atomic E-state index is 12.6. The van der Waals surface area contributed by atoms with Crippen molar-refractivity contribution in [1.29, 1.82) is 0 Å². The summed E-state index contributed by atoms with van der Waals surface area (Å²) in [6, 6.07) is 6.02. The molecule has 1 amide bonds. The van der Waals surface area contributed by atoms with E-state index in [1.807, 2.05) is 0 Å². The fraction of sp³-hybridized carbons (Fsp3) is 0.333. The van der Waals surface area contributed by atoms with Crippen LogP contribution in [0, 0.1) is 0 Å². The summed E-state index contributed by atoms with van der Waals surface area (Å²) in [4.78, 5) is 29.1. The first-order valence-corrected chi connectivity index (χ1v) is 10.5. The molecule has 0 aliphatic heterocycles. The second-order valence-corrected chi connectivity index (χ2v) is 8.29. The minimum Gasteiger partial charge on any atom is -0.324 e. The van der Waals surface area contributed by atoms with E-state index in [2.05, 4.69) is 15.4 Å². The average molecular weight is 418 g/mol. The van der Waals surface area contributed by atoms with E-state index in [1.165, 1.54) is 38.2 Å². The first-order valence-electron chi connectivity index (χ1n) is 9.05. The molecule has 2 aromatic heterocycles. The summed E-state index contributed by atoms with van der Waals surface area (Å²) in [5.74, 6) is -0.477. The lowest BCUT2D eigenvalue weighted by Crippen LogP contribution is -2.30. The molecule has 0 bridgehead atoms. The van der Waals surface area contributed by atoms with Crippen LogP contribution in [0.1, 0.15) is 13.8 Å². The van der Waals surface area contributed by atoms with E-state index in [4.69, 9.17) is 0 Å². The number of hydrogen-bond donors (Lipinski definition) is 1. The van der Waals surface area contributed by atoms with Crippen LogP contribution in [0.15, 0.2) is 46.5 Å². The van der Waals surface area contributed by atoms with Gasteiger partial charge in [0, 0.05) is 25.8 Å². The standard InChI is InChI=1S/C18H22N6O4S/c1-4-24(5-2)29(27,28)14-8-6-7-13(9-14)21-16(25)11-23-12-19-17-15(18(23)26)10-20-22(17)3/h6-10,12H,4-5,11H2,1-3H3,(H,21,25). The van der Waals surface area contributed by atoms with Crippen LogP contribution in [0.3, 0.4) is 0 Å². The van der Waals surface area contributed by atoms with E-state index in [0.717, 1.165) is 0 Å². The van der Waals surface area contributed by atoms with Crippen LogP contribution in [0.2, 0.25) is 0 Å². The summed E-state index contributed by atoms with van der Waals surface area (Å²) in [5, 5.41) is 6.93. The van der Waals surface area contributed by atoms with Gasteiger partial charge in [0.05, 0.1) is 11.1 Å². The Labute approximate surface area is 167 Å². The normalized spacial score (nSPS) is 11.9. The minimum absolute atomic E-state index is 0.0922. The fourth-order valence-corrected chi connectivity index (χ4v) is 4.49. The van der Waals surface area contributed by atoms with Gasteiger partial charge in [0.2, 0.25) is 15.9 Å². The Hall–Kier alpha value is -3.05. The molecule has 0 aliphatic carbocycles. The number of hydrogen-bond acceptors (Lipinski definition) is 6. The molecule has 29 heavy (non-hydrogen) atoms. The van der Waals surface area contributed by atoms with Gasteiger partial charge >= 0.3 is 0 Å². The van der Waals surface area contributed by atoms with Crippen molar-refractivity contribution in [3.63, 3.8) is 0 Å². The first kappa shape index (κ1) is 20.7. The molecule has 3 aromatic rings. The van der Waals surface area contributed by atoms with E-state index >= 15 is 0 Å². The number of sulfonamides is 1. The van der Waals surface area contributed by atoms with Crippen molar-refractivity contribution in [1.82, 2.24) is 23.6 Å². The van der Waals surface area contributed by atoms with E-state index in [-0.39, 0.29) is 17.0 Å². The molecule has 0 saturated heterocycles. The third-order valence-electron chi connectivity index (χ3n) is 4.49. The van der Waals surface area contributed by atoms with Gasteiger partial charge in [-0.25, -0.2) is 13.4 Å². The number of nitrogens with zero attached hydrogens (tertiary/aromatic N) is 5. The Bertz CT molecular complexity index is 1210. The Kier molecular flexibility index (Phi) is 5.80. The van der Waals surface area contributed by atoms with Crippen molar-refractivity contribution in [3.8, 4) is 0 Å². The number of aryl methyl sites for hydroxylation is 1. The maximum absolute atomic E-state index is 12.6. The molecule has 0 unspecified atom stereocenters. The minimum atomic E-state index is -3.64. The third-order valence-corrected chi connectivity index (χ3v) is 6.54. The van der Waals surface area contributed by atoms with Gasteiger partial charge in [-0.2, -0.15) is 9.40 Å². The SMILES string of the molecule is CCN(CC)S(=O)(=O)c1cccc(NC(=O)Cn2cnc3c(cnn3C)c2=O)c1. The molecule has 0 atom stereocenters. The Morgan fingerprint density at radius 3 is 2.66 bits per heavy atom. The highest BCUT2D eigenvalue weighted by atomic mass is 32.2. The van der Waals surface area contributed by atoms with Crippen LogP contribution < -0.4 is 10.9 Å². The molecule has 0 aliphatic rings. The van der Waals surface area contributed by atoms with Crippen molar-refractivity contribution in [2.75, 3.05) is 18.4 Å². The predicted molar refractivity (Wildman–Crippen MR) is 108 cm³/mol. The van der Waals surface area contributed by atoms with Crippen LogP contribution >= 0.6 is 0 Å². The van der Waals surface area contributed by atoms with Gasteiger partial charge in [0.1, 0.15) is 18.3 Å². The van der Waals surface area contributed by atoms with E-state index in [0.29, 0.717) is 29.8 Å². The van der Waals surface area contributed by atoms with Gasteiger partial charge in [-0.1, -0.05) is 19.9 Å². The van der Waals surface area contributed by atoms with E-state index in [9.17, 15) is 18.0 Å². The largest absolute Gasteiger partial charge is 0.324 e. The van der Waals surface area contributed by atoms with Crippen LogP contribution in [0.5, 0.6) is 0 Å². The quantitative estimate of drug-likeness (QED) is 0.606. The molecule has 0 saturated carbocycles. The summed E-state index contributed by atoms with van der Waals surface area (Å²) in [5.41, 5.74) is 0.378. The zero-order valence-corrected chi connectivity index (χ0v) is 17.2. The highest BCUT2D eigenvalue weighted by Crippen LogP contribution is 2.19. The summed E-state index contributed by atoms with van der Waals surface area (Å²) >= 11 is 0. The summed E-state index contributed by atoms with van der Waals surface area (Å²) < 4.78 is 29.3. The van der Waals surface area contributed by atoms with Gasteiger partial charge in [-0.05, 0) is 18.2 Å². The van der Waals surface area contributed by atoms with Gasteiger partial charge in [0.15, 0.2) is 5.65 Å². The molecule has 10 nitrogen and oxygen atoms in total. The number of rotatable bonds is 7. The molecule has 2 heterocycles.